The van der Waals surface area contributed by atoms with Crippen molar-refractivity contribution in [3.05, 3.63) is 0 Å². The van der Waals surface area contributed by atoms with Crippen LogP contribution in [0.4, 0.5) is 0 Å². The third-order valence-electron chi connectivity index (χ3n) is 0. The summed E-state index contributed by atoms with van der Waals surface area (Å²) in [4.78, 5) is 0. The van der Waals surface area contributed by atoms with E-state index in [1.165, 1.54) is 0 Å². The predicted octanol–water partition coefficient (Wildman–Crippen LogP) is -6.37. The summed E-state index contributed by atoms with van der Waals surface area (Å²) in [5, 5.41) is 0. The maximum absolute atomic E-state index is 0. The van der Waals surface area contributed by atoms with Gasteiger partial charge in [-0.3, -0.25) is 0 Å². The molecule has 19 valence electrons. The van der Waals surface area contributed by atoms with Gasteiger partial charge in [-0.2, -0.15) is 0 Å². The van der Waals surface area contributed by atoms with Crippen LogP contribution in [0.25, 0.3) is 0 Å². The molecule has 0 bridgehead atoms. The molecule has 0 aromatic heterocycles. The molecule has 0 aliphatic rings. The molecule has 0 aliphatic heterocycles. The SMILES string of the molecule is [F-].[F-].[Mg+2].[Pr]. The number of hydrogen-bond donors (Lipinski definition) is 0. The van der Waals surface area contributed by atoms with Gasteiger partial charge in [0.15, 0.2) is 0 Å². The largest absolute Gasteiger partial charge is 2.00 e. The fraction of sp³-hybridized carbons (Fsp3) is 0. The van der Waals surface area contributed by atoms with Crippen molar-refractivity contribution < 1.29 is 50.7 Å². The van der Waals surface area contributed by atoms with Gasteiger partial charge in [0.2, 0.25) is 0 Å². The molecule has 0 rings (SSSR count). The molecular formula is F2MgPr. The first kappa shape index (κ1) is 37.7. The van der Waals surface area contributed by atoms with Gasteiger partial charge in [0.25, 0.3) is 0 Å². The Morgan fingerprint density at radius 3 is 0.750 bits per heavy atom. The van der Waals surface area contributed by atoms with Crippen LogP contribution in [-0.2, 0) is 0 Å². The van der Waals surface area contributed by atoms with Gasteiger partial charge in [-0.05, 0) is 0 Å². The van der Waals surface area contributed by atoms with Gasteiger partial charge in [-0.1, -0.05) is 0 Å². The van der Waals surface area contributed by atoms with Gasteiger partial charge < -0.3 is 9.41 Å². The molecule has 0 amide bonds. The number of hydrogen-bond acceptors (Lipinski definition) is 0. The van der Waals surface area contributed by atoms with Crippen LogP contribution in [0.2, 0.25) is 0 Å². The van der Waals surface area contributed by atoms with E-state index < -0.39 is 0 Å². The van der Waals surface area contributed by atoms with E-state index in [1.54, 1.807) is 0 Å². The molecule has 0 aromatic carbocycles. The van der Waals surface area contributed by atoms with Crippen LogP contribution in [0, 0.1) is 41.3 Å². The van der Waals surface area contributed by atoms with Crippen LogP contribution in [0.3, 0.4) is 0 Å². The molecule has 4 heavy (non-hydrogen) atoms. The molecule has 0 atom stereocenters. The van der Waals surface area contributed by atoms with Crippen molar-refractivity contribution in [1.29, 1.82) is 0 Å². The van der Waals surface area contributed by atoms with Crippen LogP contribution in [0.5, 0.6) is 0 Å². The van der Waals surface area contributed by atoms with Crippen LogP contribution in [0.1, 0.15) is 0 Å². The summed E-state index contributed by atoms with van der Waals surface area (Å²) >= 11 is 0. The first-order valence-corrected chi connectivity index (χ1v) is 0. The molecule has 0 saturated carbocycles. The van der Waals surface area contributed by atoms with Crippen molar-refractivity contribution in [2.45, 2.75) is 0 Å². The van der Waals surface area contributed by atoms with E-state index in [9.17, 15) is 0 Å². The summed E-state index contributed by atoms with van der Waals surface area (Å²) in [6.07, 6.45) is 0. The fourth-order valence-corrected chi connectivity index (χ4v) is 0. The molecule has 0 aliphatic carbocycles. The minimum Gasteiger partial charge on any atom is -1.00 e. The van der Waals surface area contributed by atoms with Crippen molar-refractivity contribution in [3.63, 3.8) is 0 Å². The first-order valence-electron chi connectivity index (χ1n) is 0. The van der Waals surface area contributed by atoms with Crippen molar-refractivity contribution in [2.24, 2.45) is 0 Å². The van der Waals surface area contributed by atoms with E-state index in [0.717, 1.165) is 0 Å². The molecule has 0 aromatic rings. The zero-order valence-electron chi connectivity index (χ0n) is 2.04. The first-order chi connectivity index (χ1) is 0. The summed E-state index contributed by atoms with van der Waals surface area (Å²) in [7, 11) is 0. The Hall–Kier alpha value is 1.99. The molecular weight excluding hydrogens is 203 g/mol. The molecule has 0 saturated heterocycles. The summed E-state index contributed by atoms with van der Waals surface area (Å²) in [6, 6.07) is 0. The monoisotopic (exact) mass is 203 g/mol. The van der Waals surface area contributed by atoms with Crippen molar-refractivity contribution in [3.8, 4) is 0 Å². The molecule has 0 N–H and O–H groups in total. The van der Waals surface area contributed by atoms with E-state index in [4.69, 9.17) is 0 Å². The van der Waals surface area contributed by atoms with Gasteiger partial charge in [0.05, 0.1) is 0 Å². The van der Waals surface area contributed by atoms with Crippen LogP contribution in [-0.4, -0.2) is 23.1 Å². The second-order valence-corrected chi connectivity index (χ2v) is 0. The zero-order valence-corrected chi connectivity index (χ0v) is 7.16. The smallest absolute Gasteiger partial charge is 1.00 e. The number of rotatable bonds is 0. The van der Waals surface area contributed by atoms with E-state index in [2.05, 4.69) is 0 Å². The fourth-order valence-electron chi connectivity index (χ4n) is 0. The van der Waals surface area contributed by atoms with Crippen LogP contribution < -0.4 is 9.41 Å². The van der Waals surface area contributed by atoms with E-state index in [1.807, 2.05) is 0 Å². The summed E-state index contributed by atoms with van der Waals surface area (Å²) in [6.45, 7) is 0. The minimum absolute atomic E-state index is 0. The zero-order chi connectivity index (χ0) is 0. The topological polar surface area (TPSA) is 0 Å². The van der Waals surface area contributed by atoms with Gasteiger partial charge in [-0.25, -0.2) is 0 Å². The van der Waals surface area contributed by atoms with E-state index in [-0.39, 0.29) is 73.8 Å². The average Bonchev–Trinajstić information content (AvgIpc) is 0. The van der Waals surface area contributed by atoms with Gasteiger partial charge in [0, 0.05) is 41.3 Å². The second-order valence-electron chi connectivity index (χ2n) is 0. The number of halogens is 2. The van der Waals surface area contributed by atoms with Crippen molar-refractivity contribution >= 4 is 23.1 Å². The molecule has 0 nitrogen and oxygen atoms in total. The maximum atomic E-state index is 0. The van der Waals surface area contributed by atoms with Crippen molar-refractivity contribution in [1.82, 2.24) is 0 Å². The van der Waals surface area contributed by atoms with Crippen LogP contribution >= 0.6 is 0 Å². The molecule has 0 heterocycles. The summed E-state index contributed by atoms with van der Waals surface area (Å²) in [5.41, 5.74) is 0. The van der Waals surface area contributed by atoms with Crippen LogP contribution in [0.15, 0.2) is 0 Å². The minimum atomic E-state index is 0. The Balaban J connectivity index is 0. The Bertz CT molecular complexity index is 6.00. The Labute approximate surface area is 72.6 Å². The van der Waals surface area contributed by atoms with Gasteiger partial charge in [-0.15, -0.1) is 0 Å². The third kappa shape index (κ3) is 9.01. The van der Waals surface area contributed by atoms with Gasteiger partial charge in [0.1, 0.15) is 0 Å². The maximum Gasteiger partial charge on any atom is 2.00 e. The normalized spacial score (nSPS) is 0. The summed E-state index contributed by atoms with van der Waals surface area (Å²) < 4.78 is 0. The average molecular weight is 203 g/mol. The predicted molar refractivity (Wildman–Crippen MR) is 5.75 cm³/mol. The van der Waals surface area contributed by atoms with Gasteiger partial charge >= 0.3 is 23.1 Å². The molecule has 4 heteroatoms. The quantitative estimate of drug-likeness (QED) is 0.344. The Kier molecular flexibility index (Phi) is 189. The standard InChI is InChI=1S/2FH.Mg.Pr/h2*1H;;/q;;+2;/p-2. The second kappa shape index (κ2) is 20.1. The molecule has 0 fully saturated rings. The molecule has 0 unspecified atom stereocenters. The third-order valence-corrected chi connectivity index (χ3v) is 0. The Morgan fingerprint density at radius 2 is 0.750 bits per heavy atom. The van der Waals surface area contributed by atoms with E-state index in [0.29, 0.717) is 0 Å². The Morgan fingerprint density at radius 1 is 0.750 bits per heavy atom. The molecule has 1 radical (unpaired) electrons. The molecule has 0 spiro atoms. The van der Waals surface area contributed by atoms with Crippen molar-refractivity contribution in [2.75, 3.05) is 0 Å². The summed E-state index contributed by atoms with van der Waals surface area (Å²) in [5.74, 6) is 0. The van der Waals surface area contributed by atoms with E-state index >= 15 is 0 Å².